The third kappa shape index (κ3) is 3.81. The van der Waals surface area contributed by atoms with Crippen molar-refractivity contribution in [3.8, 4) is 0 Å². The van der Waals surface area contributed by atoms with Gasteiger partial charge in [-0.05, 0) is 30.5 Å². The van der Waals surface area contributed by atoms with Crippen LogP contribution in [-0.2, 0) is 6.42 Å². The molecule has 98 valence electrons. The molecule has 1 amide bonds. The SMILES string of the molecule is NC(=O)c1cccnc1NCCCc1ccccc1. The zero-order chi connectivity index (χ0) is 13.5. The van der Waals surface area contributed by atoms with Crippen molar-refractivity contribution in [3.05, 3.63) is 59.8 Å². The van der Waals surface area contributed by atoms with Gasteiger partial charge in [0.15, 0.2) is 0 Å². The lowest BCUT2D eigenvalue weighted by molar-refractivity contribution is 0.100. The van der Waals surface area contributed by atoms with Gasteiger partial charge in [-0.3, -0.25) is 4.79 Å². The van der Waals surface area contributed by atoms with Gasteiger partial charge in [0.05, 0.1) is 5.56 Å². The van der Waals surface area contributed by atoms with Crippen LogP contribution in [0.3, 0.4) is 0 Å². The van der Waals surface area contributed by atoms with Gasteiger partial charge in [0, 0.05) is 12.7 Å². The van der Waals surface area contributed by atoms with Crippen LogP contribution in [0, 0.1) is 0 Å². The van der Waals surface area contributed by atoms with Crippen molar-refractivity contribution in [2.24, 2.45) is 5.73 Å². The first-order valence-electron chi connectivity index (χ1n) is 6.30. The fraction of sp³-hybridized carbons (Fsp3) is 0.200. The quantitative estimate of drug-likeness (QED) is 0.778. The summed E-state index contributed by atoms with van der Waals surface area (Å²) < 4.78 is 0. The van der Waals surface area contributed by atoms with E-state index in [1.807, 2.05) is 18.2 Å². The van der Waals surface area contributed by atoms with Crippen molar-refractivity contribution in [1.82, 2.24) is 4.98 Å². The van der Waals surface area contributed by atoms with E-state index in [9.17, 15) is 4.79 Å². The summed E-state index contributed by atoms with van der Waals surface area (Å²) in [5.41, 5.74) is 7.03. The van der Waals surface area contributed by atoms with Crippen molar-refractivity contribution >= 4 is 11.7 Å². The highest BCUT2D eigenvalue weighted by Crippen LogP contribution is 2.10. The lowest BCUT2D eigenvalue weighted by Crippen LogP contribution is -2.16. The number of benzene rings is 1. The number of nitrogens with one attached hydrogen (secondary N) is 1. The molecule has 2 aromatic rings. The Morgan fingerprint density at radius 2 is 1.95 bits per heavy atom. The number of hydrogen-bond acceptors (Lipinski definition) is 3. The van der Waals surface area contributed by atoms with Crippen LogP contribution in [0.4, 0.5) is 5.82 Å². The minimum absolute atomic E-state index is 0.433. The van der Waals surface area contributed by atoms with Gasteiger partial charge in [0.1, 0.15) is 5.82 Å². The number of primary amides is 1. The number of aryl methyl sites for hydroxylation is 1. The van der Waals surface area contributed by atoms with Crippen LogP contribution >= 0.6 is 0 Å². The molecule has 0 atom stereocenters. The van der Waals surface area contributed by atoms with E-state index in [4.69, 9.17) is 5.73 Å². The van der Waals surface area contributed by atoms with E-state index in [-0.39, 0.29) is 0 Å². The molecule has 0 aliphatic carbocycles. The molecule has 0 saturated heterocycles. The van der Waals surface area contributed by atoms with Crippen LogP contribution in [0.15, 0.2) is 48.7 Å². The Morgan fingerprint density at radius 3 is 2.68 bits per heavy atom. The Morgan fingerprint density at radius 1 is 1.16 bits per heavy atom. The Kier molecular flexibility index (Phi) is 4.50. The molecule has 1 heterocycles. The van der Waals surface area contributed by atoms with Gasteiger partial charge in [0.2, 0.25) is 0 Å². The summed E-state index contributed by atoms with van der Waals surface area (Å²) >= 11 is 0. The average Bonchev–Trinajstić information content (AvgIpc) is 2.45. The third-order valence-electron chi connectivity index (χ3n) is 2.85. The van der Waals surface area contributed by atoms with Gasteiger partial charge in [-0.1, -0.05) is 30.3 Å². The Hall–Kier alpha value is -2.36. The van der Waals surface area contributed by atoms with Crippen molar-refractivity contribution in [2.45, 2.75) is 12.8 Å². The van der Waals surface area contributed by atoms with Crippen LogP contribution in [0.1, 0.15) is 22.3 Å². The minimum Gasteiger partial charge on any atom is -0.369 e. The van der Waals surface area contributed by atoms with Gasteiger partial charge in [-0.2, -0.15) is 0 Å². The number of rotatable bonds is 6. The maximum Gasteiger partial charge on any atom is 0.252 e. The van der Waals surface area contributed by atoms with Crippen molar-refractivity contribution in [2.75, 3.05) is 11.9 Å². The van der Waals surface area contributed by atoms with Crippen molar-refractivity contribution in [1.29, 1.82) is 0 Å². The maximum atomic E-state index is 11.2. The monoisotopic (exact) mass is 255 g/mol. The summed E-state index contributed by atoms with van der Waals surface area (Å²) in [6, 6.07) is 13.7. The number of hydrogen-bond donors (Lipinski definition) is 2. The zero-order valence-electron chi connectivity index (χ0n) is 10.7. The van der Waals surface area contributed by atoms with Crippen molar-refractivity contribution < 1.29 is 4.79 Å². The Balaban J connectivity index is 1.85. The summed E-state index contributed by atoms with van der Waals surface area (Å²) in [7, 11) is 0. The third-order valence-corrected chi connectivity index (χ3v) is 2.85. The van der Waals surface area contributed by atoms with Gasteiger partial charge in [-0.15, -0.1) is 0 Å². The zero-order valence-corrected chi connectivity index (χ0v) is 10.7. The van der Waals surface area contributed by atoms with E-state index < -0.39 is 5.91 Å². The number of pyridine rings is 1. The second kappa shape index (κ2) is 6.54. The molecule has 4 nitrogen and oxygen atoms in total. The van der Waals surface area contributed by atoms with Crippen LogP contribution in [0.5, 0.6) is 0 Å². The molecule has 0 fully saturated rings. The highest BCUT2D eigenvalue weighted by molar-refractivity contribution is 5.97. The van der Waals surface area contributed by atoms with Gasteiger partial charge in [0.25, 0.3) is 5.91 Å². The first-order valence-corrected chi connectivity index (χ1v) is 6.30. The molecular formula is C15H17N3O. The maximum absolute atomic E-state index is 11.2. The fourth-order valence-corrected chi connectivity index (χ4v) is 1.89. The second-order valence-corrected chi connectivity index (χ2v) is 4.28. The van der Waals surface area contributed by atoms with E-state index in [1.54, 1.807) is 18.3 Å². The Bertz CT molecular complexity index is 540. The summed E-state index contributed by atoms with van der Waals surface area (Å²) in [5.74, 6) is 0.0988. The number of nitrogens with two attached hydrogens (primary N) is 1. The predicted octanol–water partition coefficient (Wildman–Crippen LogP) is 2.23. The van der Waals surface area contributed by atoms with E-state index in [0.717, 1.165) is 19.4 Å². The number of carbonyl (C=O) groups excluding carboxylic acids is 1. The molecule has 0 aliphatic heterocycles. The molecule has 0 bridgehead atoms. The summed E-state index contributed by atoms with van der Waals surface area (Å²) in [5, 5.41) is 3.15. The van der Waals surface area contributed by atoms with Crippen LogP contribution in [-0.4, -0.2) is 17.4 Å². The first-order chi connectivity index (χ1) is 9.27. The summed E-state index contributed by atoms with van der Waals surface area (Å²) in [4.78, 5) is 15.4. The summed E-state index contributed by atoms with van der Waals surface area (Å²) in [6.45, 7) is 0.756. The number of anilines is 1. The molecular weight excluding hydrogens is 238 g/mol. The van der Waals surface area contributed by atoms with Gasteiger partial charge < -0.3 is 11.1 Å². The lowest BCUT2D eigenvalue weighted by atomic mass is 10.1. The minimum atomic E-state index is -0.460. The second-order valence-electron chi connectivity index (χ2n) is 4.28. The number of amides is 1. The van der Waals surface area contributed by atoms with Gasteiger partial charge in [-0.25, -0.2) is 4.98 Å². The molecule has 4 heteroatoms. The summed E-state index contributed by atoms with van der Waals surface area (Å²) in [6.07, 6.45) is 3.61. The Labute approximate surface area is 112 Å². The molecule has 3 N–H and O–H groups in total. The number of carbonyl (C=O) groups is 1. The smallest absolute Gasteiger partial charge is 0.252 e. The molecule has 19 heavy (non-hydrogen) atoms. The largest absolute Gasteiger partial charge is 0.369 e. The molecule has 0 radical (unpaired) electrons. The molecule has 0 saturated carbocycles. The predicted molar refractivity (Wildman–Crippen MR) is 76.0 cm³/mol. The van der Waals surface area contributed by atoms with Crippen LogP contribution in [0.25, 0.3) is 0 Å². The van der Waals surface area contributed by atoms with E-state index in [2.05, 4.69) is 22.4 Å². The molecule has 0 aliphatic rings. The van der Waals surface area contributed by atoms with Crippen LogP contribution in [0.2, 0.25) is 0 Å². The van der Waals surface area contributed by atoms with E-state index in [1.165, 1.54) is 5.56 Å². The standard InChI is InChI=1S/C15H17N3O/c16-14(19)13-9-5-11-18-15(13)17-10-4-8-12-6-2-1-3-7-12/h1-3,5-7,9,11H,4,8,10H2,(H2,16,19)(H,17,18). The normalized spacial score (nSPS) is 10.1. The highest BCUT2D eigenvalue weighted by Gasteiger charge is 2.07. The average molecular weight is 255 g/mol. The number of nitrogens with zero attached hydrogens (tertiary/aromatic N) is 1. The fourth-order valence-electron chi connectivity index (χ4n) is 1.89. The topological polar surface area (TPSA) is 68.0 Å². The van der Waals surface area contributed by atoms with Crippen LogP contribution < -0.4 is 11.1 Å². The van der Waals surface area contributed by atoms with Crippen molar-refractivity contribution in [3.63, 3.8) is 0 Å². The number of aromatic nitrogens is 1. The first kappa shape index (κ1) is 13.1. The molecule has 0 unspecified atom stereocenters. The van der Waals surface area contributed by atoms with E-state index >= 15 is 0 Å². The lowest BCUT2D eigenvalue weighted by Gasteiger charge is -2.08. The molecule has 0 spiro atoms. The highest BCUT2D eigenvalue weighted by atomic mass is 16.1. The molecule has 1 aromatic carbocycles. The van der Waals surface area contributed by atoms with E-state index in [0.29, 0.717) is 11.4 Å². The molecule has 1 aromatic heterocycles. The molecule has 2 rings (SSSR count). The van der Waals surface area contributed by atoms with Gasteiger partial charge >= 0.3 is 0 Å².